The number of hydrazone groups is 1. The second-order valence-electron chi connectivity index (χ2n) is 5.62. The van der Waals surface area contributed by atoms with E-state index in [9.17, 15) is 9.59 Å². The van der Waals surface area contributed by atoms with Crippen LogP contribution >= 0.6 is 11.6 Å². The van der Waals surface area contributed by atoms with Gasteiger partial charge in [-0.1, -0.05) is 48.0 Å². The molecule has 3 aromatic carbocycles. The van der Waals surface area contributed by atoms with E-state index >= 15 is 0 Å². The number of amides is 2. The van der Waals surface area contributed by atoms with Crippen LogP contribution in [0.5, 0.6) is 0 Å². The Balaban J connectivity index is 1.59. The summed E-state index contributed by atoms with van der Waals surface area (Å²) < 4.78 is 0. The van der Waals surface area contributed by atoms with Gasteiger partial charge in [-0.2, -0.15) is 5.10 Å². The van der Waals surface area contributed by atoms with Gasteiger partial charge < -0.3 is 5.32 Å². The third-order valence-electron chi connectivity index (χ3n) is 3.72. The zero-order valence-electron chi connectivity index (χ0n) is 14.2. The quantitative estimate of drug-likeness (QED) is 0.512. The van der Waals surface area contributed by atoms with Crippen molar-refractivity contribution in [1.29, 1.82) is 0 Å². The average Bonchev–Trinajstić information content (AvgIpc) is 2.70. The average molecular weight is 378 g/mol. The summed E-state index contributed by atoms with van der Waals surface area (Å²) in [6, 6.07) is 22.6. The van der Waals surface area contributed by atoms with E-state index in [1.54, 1.807) is 60.7 Å². The molecule has 0 aliphatic heterocycles. The molecule has 0 unspecified atom stereocenters. The van der Waals surface area contributed by atoms with Gasteiger partial charge in [0.15, 0.2) is 0 Å². The van der Waals surface area contributed by atoms with E-state index in [2.05, 4.69) is 15.8 Å². The molecule has 0 aliphatic carbocycles. The van der Waals surface area contributed by atoms with Crippen LogP contribution in [0.2, 0.25) is 5.02 Å². The van der Waals surface area contributed by atoms with E-state index in [1.807, 2.05) is 18.2 Å². The smallest absolute Gasteiger partial charge is 0.271 e. The summed E-state index contributed by atoms with van der Waals surface area (Å²) in [7, 11) is 0. The third-order valence-corrected chi connectivity index (χ3v) is 4.06. The molecule has 0 bridgehead atoms. The summed E-state index contributed by atoms with van der Waals surface area (Å²) >= 11 is 6.02. The molecule has 0 aliphatic rings. The van der Waals surface area contributed by atoms with Crippen molar-refractivity contribution in [1.82, 2.24) is 5.43 Å². The van der Waals surface area contributed by atoms with Crippen LogP contribution in [0.4, 0.5) is 5.69 Å². The number of nitrogens with one attached hydrogen (secondary N) is 2. The van der Waals surface area contributed by atoms with Gasteiger partial charge in [0.05, 0.1) is 6.21 Å². The van der Waals surface area contributed by atoms with Gasteiger partial charge in [-0.25, -0.2) is 5.43 Å². The molecule has 0 heterocycles. The number of carbonyl (C=O) groups is 2. The predicted octanol–water partition coefficient (Wildman–Crippen LogP) is 4.36. The maximum absolute atomic E-state index is 12.1. The van der Waals surface area contributed by atoms with Crippen LogP contribution in [-0.2, 0) is 0 Å². The summed E-state index contributed by atoms with van der Waals surface area (Å²) in [5, 5.41) is 7.24. The van der Waals surface area contributed by atoms with Crippen LogP contribution in [0, 0.1) is 0 Å². The van der Waals surface area contributed by atoms with Crippen LogP contribution in [0.1, 0.15) is 26.3 Å². The topological polar surface area (TPSA) is 70.6 Å². The van der Waals surface area contributed by atoms with Gasteiger partial charge in [0, 0.05) is 27.4 Å². The van der Waals surface area contributed by atoms with Crippen molar-refractivity contribution in [3.63, 3.8) is 0 Å². The first kappa shape index (κ1) is 18.4. The molecule has 134 valence electrons. The van der Waals surface area contributed by atoms with Crippen molar-refractivity contribution < 1.29 is 9.59 Å². The van der Waals surface area contributed by atoms with Gasteiger partial charge in [-0.05, 0) is 42.5 Å². The SMILES string of the molecule is O=C(N/N=C/c1ccccc1Cl)c1ccc(NC(=O)c2ccccc2)cc1. The van der Waals surface area contributed by atoms with Crippen molar-refractivity contribution in [2.45, 2.75) is 0 Å². The monoisotopic (exact) mass is 377 g/mol. The summed E-state index contributed by atoms with van der Waals surface area (Å²) in [4.78, 5) is 24.2. The van der Waals surface area contributed by atoms with Crippen molar-refractivity contribution >= 4 is 35.3 Å². The summed E-state index contributed by atoms with van der Waals surface area (Å²) in [5.74, 6) is -0.573. The molecule has 2 N–H and O–H groups in total. The molecule has 0 spiro atoms. The van der Waals surface area contributed by atoms with Gasteiger partial charge in [0.1, 0.15) is 0 Å². The molecule has 0 aromatic heterocycles. The van der Waals surface area contributed by atoms with Crippen molar-refractivity contribution in [2.24, 2.45) is 5.10 Å². The molecule has 3 rings (SSSR count). The van der Waals surface area contributed by atoms with E-state index in [4.69, 9.17) is 11.6 Å². The number of halogens is 1. The van der Waals surface area contributed by atoms with E-state index in [0.29, 0.717) is 27.4 Å². The van der Waals surface area contributed by atoms with Crippen LogP contribution in [0.3, 0.4) is 0 Å². The van der Waals surface area contributed by atoms with E-state index < -0.39 is 0 Å². The highest BCUT2D eigenvalue weighted by Crippen LogP contribution is 2.13. The number of rotatable bonds is 5. The maximum atomic E-state index is 12.1. The van der Waals surface area contributed by atoms with Crippen LogP contribution in [0.25, 0.3) is 0 Å². The standard InChI is InChI=1S/C21H16ClN3O2/c22-19-9-5-4-8-17(19)14-23-25-21(27)16-10-12-18(13-11-16)24-20(26)15-6-2-1-3-7-15/h1-14H,(H,24,26)(H,25,27)/b23-14+. The summed E-state index contributed by atoms with van der Waals surface area (Å²) in [5.41, 5.74) is 4.73. The second-order valence-corrected chi connectivity index (χ2v) is 6.03. The number of hydrogen-bond acceptors (Lipinski definition) is 3. The van der Waals surface area contributed by atoms with Gasteiger partial charge in [0.25, 0.3) is 11.8 Å². The normalized spacial score (nSPS) is 10.6. The lowest BCUT2D eigenvalue weighted by Crippen LogP contribution is -2.18. The molecule has 0 radical (unpaired) electrons. The number of hydrogen-bond donors (Lipinski definition) is 2. The first-order valence-corrected chi connectivity index (χ1v) is 8.56. The fourth-order valence-corrected chi connectivity index (χ4v) is 2.49. The molecule has 0 fully saturated rings. The Hall–Kier alpha value is -3.44. The van der Waals surface area contributed by atoms with Crippen molar-refractivity contribution in [3.05, 3.63) is 101 Å². The Morgan fingerprint density at radius 1 is 0.778 bits per heavy atom. The Kier molecular flexibility index (Phi) is 5.97. The third kappa shape index (κ3) is 5.03. The van der Waals surface area contributed by atoms with Crippen LogP contribution in [0.15, 0.2) is 84.0 Å². The highest BCUT2D eigenvalue weighted by Gasteiger charge is 2.07. The largest absolute Gasteiger partial charge is 0.322 e. The van der Waals surface area contributed by atoms with E-state index in [0.717, 1.165) is 0 Å². The lowest BCUT2D eigenvalue weighted by molar-refractivity contribution is 0.0954. The zero-order chi connectivity index (χ0) is 19.1. The first-order valence-electron chi connectivity index (χ1n) is 8.18. The molecule has 27 heavy (non-hydrogen) atoms. The van der Waals surface area contributed by atoms with Gasteiger partial charge >= 0.3 is 0 Å². The minimum absolute atomic E-state index is 0.211. The molecule has 0 saturated heterocycles. The summed E-state index contributed by atoms with van der Waals surface area (Å²) in [6.07, 6.45) is 1.48. The highest BCUT2D eigenvalue weighted by atomic mass is 35.5. The highest BCUT2D eigenvalue weighted by molar-refractivity contribution is 6.33. The Bertz CT molecular complexity index is 970. The first-order chi connectivity index (χ1) is 13.1. The fraction of sp³-hybridized carbons (Fsp3) is 0. The number of carbonyl (C=O) groups excluding carboxylic acids is 2. The molecular formula is C21H16ClN3O2. The summed E-state index contributed by atoms with van der Waals surface area (Å²) in [6.45, 7) is 0. The van der Waals surface area contributed by atoms with Crippen LogP contribution in [-0.4, -0.2) is 18.0 Å². The van der Waals surface area contributed by atoms with Crippen molar-refractivity contribution in [3.8, 4) is 0 Å². The fourth-order valence-electron chi connectivity index (χ4n) is 2.30. The number of benzene rings is 3. The van der Waals surface area contributed by atoms with Gasteiger partial charge in [-0.3, -0.25) is 9.59 Å². The Morgan fingerprint density at radius 2 is 1.41 bits per heavy atom. The molecule has 0 saturated carbocycles. The minimum atomic E-state index is -0.362. The van der Waals surface area contributed by atoms with Gasteiger partial charge in [-0.15, -0.1) is 0 Å². The van der Waals surface area contributed by atoms with E-state index in [-0.39, 0.29) is 11.8 Å². The molecular weight excluding hydrogens is 362 g/mol. The number of anilines is 1. The molecule has 0 atom stereocenters. The lowest BCUT2D eigenvalue weighted by Gasteiger charge is -2.06. The molecule has 3 aromatic rings. The van der Waals surface area contributed by atoms with Gasteiger partial charge in [0.2, 0.25) is 0 Å². The Labute approximate surface area is 161 Å². The van der Waals surface area contributed by atoms with E-state index in [1.165, 1.54) is 6.21 Å². The zero-order valence-corrected chi connectivity index (χ0v) is 15.0. The predicted molar refractivity (Wildman–Crippen MR) is 107 cm³/mol. The molecule has 6 heteroatoms. The minimum Gasteiger partial charge on any atom is -0.322 e. The van der Waals surface area contributed by atoms with Crippen molar-refractivity contribution in [2.75, 3.05) is 5.32 Å². The molecule has 5 nitrogen and oxygen atoms in total. The number of nitrogens with zero attached hydrogens (tertiary/aromatic N) is 1. The maximum Gasteiger partial charge on any atom is 0.271 e. The molecule has 2 amide bonds. The van der Waals surface area contributed by atoms with Crippen LogP contribution < -0.4 is 10.7 Å². The second kappa shape index (κ2) is 8.78. The lowest BCUT2D eigenvalue weighted by atomic mass is 10.1. The Morgan fingerprint density at radius 3 is 2.11 bits per heavy atom.